The fourth-order valence-electron chi connectivity index (χ4n) is 1.67. The van der Waals surface area contributed by atoms with Gasteiger partial charge in [-0.3, -0.25) is 0 Å². The molecule has 0 fully saturated rings. The highest BCUT2D eigenvalue weighted by Gasteiger charge is 2.03. The largest absolute Gasteiger partial charge is 0.495 e. The van der Waals surface area contributed by atoms with Gasteiger partial charge in [-0.2, -0.15) is 0 Å². The van der Waals surface area contributed by atoms with E-state index in [2.05, 4.69) is 34.2 Å². The molecular formula is C14H15BrN2O. The number of rotatable bonds is 3. The molecule has 0 aliphatic heterocycles. The number of nitrogens with two attached hydrogens (primary N) is 1. The average Bonchev–Trinajstić information content (AvgIpc) is 2.36. The maximum atomic E-state index is 5.79. The summed E-state index contributed by atoms with van der Waals surface area (Å²) in [7, 11) is 1.61. The van der Waals surface area contributed by atoms with Gasteiger partial charge in [0.15, 0.2) is 0 Å². The highest BCUT2D eigenvalue weighted by Crippen LogP contribution is 2.29. The number of hydrogen-bond donors (Lipinski definition) is 2. The van der Waals surface area contributed by atoms with E-state index in [4.69, 9.17) is 10.5 Å². The summed E-state index contributed by atoms with van der Waals surface area (Å²) in [5, 5.41) is 3.35. The number of anilines is 3. The summed E-state index contributed by atoms with van der Waals surface area (Å²) in [6.07, 6.45) is 0. The molecule has 0 amide bonds. The molecule has 4 heteroatoms. The van der Waals surface area contributed by atoms with Gasteiger partial charge >= 0.3 is 0 Å². The quantitative estimate of drug-likeness (QED) is 0.840. The Balaban J connectivity index is 2.31. The first-order valence-corrected chi connectivity index (χ1v) is 6.36. The summed E-state index contributed by atoms with van der Waals surface area (Å²) >= 11 is 3.46. The second-order valence-corrected chi connectivity index (χ2v) is 4.96. The van der Waals surface area contributed by atoms with Crippen molar-refractivity contribution in [2.75, 3.05) is 18.2 Å². The summed E-state index contributed by atoms with van der Waals surface area (Å²) in [6, 6.07) is 11.8. The van der Waals surface area contributed by atoms with Crippen molar-refractivity contribution in [2.24, 2.45) is 0 Å². The van der Waals surface area contributed by atoms with Crippen LogP contribution in [0.15, 0.2) is 40.9 Å². The summed E-state index contributed by atoms with van der Waals surface area (Å²) < 4.78 is 6.24. The van der Waals surface area contributed by atoms with Gasteiger partial charge in [0.1, 0.15) is 5.75 Å². The maximum absolute atomic E-state index is 5.79. The van der Waals surface area contributed by atoms with Gasteiger partial charge < -0.3 is 15.8 Å². The maximum Gasteiger partial charge on any atom is 0.143 e. The lowest BCUT2D eigenvalue weighted by Crippen LogP contribution is -1.96. The molecule has 18 heavy (non-hydrogen) atoms. The van der Waals surface area contributed by atoms with Crippen molar-refractivity contribution in [3.63, 3.8) is 0 Å². The van der Waals surface area contributed by atoms with Crippen molar-refractivity contribution >= 4 is 33.0 Å². The molecule has 0 radical (unpaired) electrons. The van der Waals surface area contributed by atoms with Crippen LogP contribution in [0.2, 0.25) is 0 Å². The lowest BCUT2D eigenvalue weighted by molar-refractivity contribution is 0.417. The van der Waals surface area contributed by atoms with Crippen LogP contribution in [0.25, 0.3) is 0 Å². The minimum Gasteiger partial charge on any atom is -0.495 e. The van der Waals surface area contributed by atoms with Crippen LogP contribution in [0.5, 0.6) is 5.75 Å². The number of halogens is 1. The van der Waals surface area contributed by atoms with E-state index >= 15 is 0 Å². The van der Waals surface area contributed by atoms with E-state index in [1.807, 2.05) is 30.3 Å². The van der Waals surface area contributed by atoms with Crippen LogP contribution in [0.1, 0.15) is 5.56 Å². The van der Waals surface area contributed by atoms with Crippen LogP contribution in [0.4, 0.5) is 17.1 Å². The Hall–Kier alpha value is -1.68. The summed E-state index contributed by atoms with van der Waals surface area (Å²) in [5.74, 6) is 0.674. The van der Waals surface area contributed by atoms with Crippen LogP contribution in [-0.4, -0.2) is 7.11 Å². The standard InChI is InChI=1S/C14H15BrN2O/c1-9-3-4-10(15)7-13(9)17-11-5-6-12(16)14(8-11)18-2/h3-8,17H,16H2,1-2H3. The van der Waals surface area contributed by atoms with E-state index in [1.165, 1.54) is 5.56 Å². The van der Waals surface area contributed by atoms with Crippen LogP contribution in [0.3, 0.4) is 0 Å². The second kappa shape index (κ2) is 5.31. The fraction of sp³-hybridized carbons (Fsp3) is 0.143. The highest BCUT2D eigenvalue weighted by atomic mass is 79.9. The minimum absolute atomic E-state index is 0.633. The van der Waals surface area contributed by atoms with Crippen molar-refractivity contribution < 1.29 is 4.74 Å². The summed E-state index contributed by atoms with van der Waals surface area (Å²) in [6.45, 7) is 2.06. The first kappa shape index (κ1) is 12.8. The third-order valence-electron chi connectivity index (χ3n) is 2.71. The molecular weight excluding hydrogens is 292 g/mol. The lowest BCUT2D eigenvalue weighted by atomic mass is 10.2. The molecule has 3 nitrogen and oxygen atoms in total. The average molecular weight is 307 g/mol. The zero-order chi connectivity index (χ0) is 13.1. The molecule has 0 atom stereocenters. The predicted molar refractivity (Wildman–Crippen MR) is 79.6 cm³/mol. The first-order valence-electron chi connectivity index (χ1n) is 5.57. The van der Waals surface area contributed by atoms with E-state index in [0.717, 1.165) is 15.8 Å². The summed E-state index contributed by atoms with van der Waals surface area (Å²) in [4.78, 5) is 0. The normalized spacial score (nSPS) is 10.2. The van der Waals surface area contributed by atoms with Gasteiger partial charge in [-0.15, -0.1) is 0 Å². The number of nitrogens with one attached hydrogen (secondary N) is 1. The molecule has 2 rings (SSSR count). The van der Waals surface area contributed by atoms with E-state index in [9.17, 15) is 0 Å². The molecule has 2 aromatic rings. The van der Waals surface area contributed by atoms with Crippen LogP contribution in [0, 0.1) is 6.92 Å². The second-order valence-electron chi connectivity index (χ2n) is 4.04. The zero-order valence-corrected chi connectivity index (χ0v) is 11.9. The van der Waals surface area contributed by atoms with E-state index in [1.54, 1.807) is 7.11 Å². The zero-order valence-electron chi connectivity index (χ0n) is 10.3. The Morgan fingerprint density at radius 1 is 1.17 bits per heavy atom. The number of methoxy groups -OCH3 is 1. The SMILES string of the molecule is COc1cc(Nc2cc(Br)ccc2C)ccc1N. The van der Waals surface area contributed by atoms with Crippen LogP contribution < -0.4 is 15.8 Å². The number of aryl methyl sites for hydroxylation is 1. The Kier molecular flexibility index (Phi) is 3.77. The Bertz CT molecular complexity index is 570. The molecule has 0 aromatic heterocycles. The molecule has 0 saturated carbocycles. The van der Waals surface area contributed by atoms with E-state index in [0.29, 0.717) is 11.4 Å². The van der Waals surface area contributed by atoms with Crippen molar-refractivity contribution in [2.45, 2.75) is 6.92 Å². The number of benzene rings is 2. The first-order chi connectivity index (χ1) is 8.60. The minimum atomic E-state index is 0.633. The van der Waals surface area contributed by atoms with Crippen molar-refractivity contribution in [3.05, 3.63) is 46.4 Å². The van der Waals surface area contributed by atoms with Gasteiger partial charge in [0.05, 0.1) is 12.8 Å². The predicted octanol–water partition coefficient (Wildman–Crippen LogP) is 4.09. The van der Waals surface area contributed by atoms with Gasteiger partial charge in [0.2, 0.25) is 0 Å². The molecule has 0 bridgehead atoms. The number of hydrogen-bond acceptors (Lipinski definition) is 3. The van der Waals surface area contributed by atoms with E-state index in [-0.39, 0.29) is 0 Å². The van der Waals surface area contributed by atoms with Gasteiger partial charge in [-0.1, -0.05) is 22.0 Å². The molecule has 94 valence electrons. The molecule has 2 aromatic carbocycles. The van der Waals surface area contributed by atoms with Gasteiger partial charge in [-0.25, -0.2) is 0 Å². The van der Waals surface area contributed by atoms with Crippen molar-refractivity contribution in [3.8, 4) is 5.75 Å². The van der Waals surface area contributed by atoms with Crippen LogP contribution >= 0.6 is 15.9 Å². The molecule has 0 heterocycles. The Labute approximate surface area is 115 Å². The van der Waals surface area contributed by atoms with Crippen molar-refractivity contribution in [1.82, 2.24) is 0 Å². The molecule has 0 spiro atoms. The fourth-order valence-corrected chi connectivity index (χ4v) is 2.03. The highest BCUT2D eigenvalue weighted by molar-refractivity contribution is 9.10. The van der Waals surface area contributed by atoms with Gasteiger partial charge in [0, 0.05) is 21.9 Å². The van der Waals surface area contributed by atoms with Gasteiger partial charge in [-0.05, 0) is 36.8 Å². The number of ether oxygens (including phenoxy) is 1. The van der Waals surface area contributed by atoms with E-state index < -0.39 is 0 Å². The lowest BCUT2D eigenvalue weighted by Gasteiger charge is -2.12. The number of nitrogen functional groups attached to an aromatic ring is 1. The topological polar surface area (TPSA) is 47.3 Å². The monoisotopic (exact) mass is 306 g/mol. The molecule has 0 aliphatic rings. The van der Waals surface area contributed by atoms with Crippen LogP contribution in [-0.2, 0) is 0 Å². The molecule has 0 saturated heterocycles. The Morgan fingerprint density at radius 2 is 1.94 bits per heavy atom. The van der Waals surface area contributed by atoms with Gasteiger partial charge in [0.25, 0.3) is 0 Å². The molecule has 3 N–H and O–H groups in total. The molecule has 0 aliphatic carbocycles. The van der Waals surface area contributed by atoms with Crippen molar-refractivity contribution in [1.29, 1.82) is 0 Å². The third-order valence-corrected chi connectivity index (χ3v) is 3.21. The Morgan fingerprint density at radius 3 is 2.67 bits per heavy atom. The molecule has 0 unspecified atom stereocenters. The third kappa shape index (κ3) is 2.76. The summed E-state index contributed by atoms with van der Waals surface area (Å²) in [5.41, 5.74) is 9.59. The smallest absolute Gasteiger partial charge is 0.143 e.